The van der Waals surface area contributed by atoms with Crippen molar-refractivity contribution in [1.29, 1.82) is 0 Å². The van der Waals surface area contributed by atoms with Crippen LogP contribution in [0.2, 0.25) is 0 Å². The minimum absolute atomic E-state index is 0.111. The maximum absolute atomic E-state index is 14.3. The Bertz CT molecular complexity index is 1590. The number of halogens is 2. The van der Waals surface area contributed by atoms with E-state index in [2.05, 4.69) is 19.9 Å². The average molecular weight is 576 g/mol. The number of anilines is 1. The van der Waals surface area contributed by atoms with E-state index in [-0.39, 0.29) is 23.0 Å². The molecule has 2 heterocycles. The van der Waals surface area contributed by atoms with Gasteiger partial charge in [0.25, 0.3) is 0 Å². The Morgan fingerprint density at radius 2 is 1.70 bits per heavy atom. The van der Waals surface area contributed by atoms with E-state index in [0.717, 1.165) is 12.1 Å². The molecule has 2 unspecified atom stereocenters. The van der Waals surface area contributed by atoms with Crippen molar-refractivity contribution >= 4 is 16.0 Å². The molecule has 0 saturated heterocycles. The van der Waals surface area contributed by atoms with Crippen LogP contribution in [0.1, 0.15) is 25.5 Å². The molecular formula is C26H27F2N5O6S. The molecule has 0 amide bonds. The zero-order valence-corrected chi connectivity index (χ0v) is 22.8. The number of nitrogens with zero attached hydrogens (tertiary/aromatic N) is 4. The largest absolute Gasteiger partial charge is 0.494 e. The fourth-order valence-corrected chi connectivity index (χ4v) is 4.99. The molecule has 0 bridgehead atoms. The number of methoxy groups -OCH3 is 2. The molecular weight excluding hydrogens is 548 g/mol. The Morgan fingerprint density at radius 1 is 1.02 bits per heavy atom. The fraction of sp³-hybridized carbons (Fsp3) is 0.269. The number of para-hydroxylation sites is 1. The quantitative estimate of drug-likeness (QED) is 0.273. The van der Waals surface area contributed by atoms with Crippen molar-refractivity contribution < 1.29 is 36.5 Å². The molecule has 212 valence electrons. The van der Waals surface area contributed by atoms with Crippen molar-refractivity contribution in [1.82, 2.24) is 19.7 Å². The molecule has 14 heteroatoms. The molecule has 4 rings (SSSR count). The van der Waals surface area contributed by atoms with Gasteiger partial charge in [0.1, 0.15) is 45.9 Å². The molecule has 2 N–H and O–H groups in total. The highest BCUT2D eigenvalue weighted by Gasteiger charge is 2.34. The summed E-state index contributed by atoms with van der Waals surface area (Å²) >= 11 is 0. The Balaban J connectivity index is 1.84. The van der Waals surface area contributed by atoms with Gasteiger partial charge in [-0.15, -0.1) is 10.2 Å². The van der Waals surface area contributed by atoms with Gasteiger partial charge in [0.15, 0.2) is 5.82 Å². The van der Waals surface area contributed by atoms with E-state index in [1.807, 2.05) is 0 Å². The molecule has 0 aliphatic rings. The first-order chi connectivity index (χ1) is 19.1. The summed E-state index contributed by atoms with van der Waals surface area (Å²) in [6.45, 7) is 3.34. The first-order valence-corrected chi connectivity index (χ1v) is 13.6. The van der Waals surface area contributed by atoms with Crippen molar-refractivity contribution in [3.63, 3.8) is 0 Å². The number of pyridine rings is 1. The second-order valence-electron chi connectivity index (χ2n) is 8.45. The van der Waals surface area contributed by atoms with Crippen LogP contribution in [-0.4, -0.2) is 59.3 Å². The molecule has 0 aliphatic carbocycles. The van der Waals surface area contributed by atoms with Crippen LogP contribution < -0.4 is 18.9 Å². The third-order valence-corrected chi connectivity index (χ3v) is 7.69. The van der Waals surface area contributed by atoms with Gasteiger partial charge < -0.3 is 19.3 Å². The summed E-state index contributed by atoms with van der Waals surface area (Å²) in [5, 5.41) is 17.3. The van der Waals surface area contributed by atoms with Gasteiger partial charge in [-0.25, -0.2) is 22.2 Å². The van der Waals surface area contributed by atoms with Gasteiger partial charge in [-0.05, 0) is 38.1 Å². The number of benzene rings is 2. The van der Waals surface area contributed by atoms with Crippen molar-refractivity contribution in [3.05, 3.63) is 71.8 Å². The van der Waals surface area contributed by atoms with Gasteiger partial charge >= 0.3 is 0 Å². The molecule has 11 nitrogen and oxygen atoms in total. The van der Waals surface area contributed by atoms with E-state index in [1.165, 1.54) is 25.7 Å². The molecule has 0 aliphatic heterocycles. The first-order valence-electron chi connectivity index (χ1n) is 12.0. The number of rotatable bonds is 11. The molecule has 0 fully saturated rings. The van der Waals surface area contributed by atoms with Crippen LogP contribution in [0.4, 0.5) is 14.7 Å². The summed E-state index contributed by atoms with van der Waals surface area (Å²) in [7, 11) is -1.60. The van der Waals surface area contributed by atoms with Crippen LogP contribution in [0, 0.1) is 11.6 Å². The predicted octanol–water partition coefficient (Wildman–Crippen LogP) is 3.89. The van der Waals surface area contributed by atoms with E-state index in [0.29, 0.717) is 35.7 Å². The highest BCUT2D eigenvalue weighted by Crippen LogP contribution is 2.38. The molecule has 2 aromatic carbocycles. The number of hydrogen-bond acceptors (Lipinski definition) is 9. The number of ether oxygens (including phenoxy) is 3. The van der Waals surface area contributed by atoms with Crippen LogP contribution in [0.5, 0.6) is 17.4 Å². The third-order valence-electron chi connectivity index (χ3n) is 5.98. The zero-order chi connectivity index (χ0) is 29.0. The van der Waals surface area contributed by atoms with Gasteiger partial charge in [-0.3, -0.25) is 9.29 Å². The van der Waals surface area contributed by atoms with Crippen molar-refractivity contribution in [2.75, 3.05) is 25.5 Å². The van der Waals surface area contributed by atoms with Crippen LogP contribution in [0.25, 0.3) is 17.2 Å². The van der Waals surface area contributed by atoms with Crippen molar-refractivity contribution in [2.24, 2.45) is 0 Å². The van der Waals surface area contributed by atoms with Crippen LogP contribution in [-0.2, 0) is 10.0 Å². The SMILES string of the molecule is CCOc1cccc(-c2nnc(NS(=O)(=O)C(C)C(O)c3ccc(F)cc3F)n2-c2c(OC)cccc2OC)n1. The zero-order valence-electron chi connectivity index (χ0n) is 22.0. The Morgan fingerprint density at radius 3 is 2.33 bits per heavy atom. The Labute approximate surface area is 229 Å². The van der Waals surface area contributed by atoms with Crippen molar-refractivity contribution in [2.45, 2.75) is 25.2 Å². The normalized spacial score (nSPS) is 13.0. The summed E-state index contributed by atoms with van der Waals surface area (Å²) in [5.74, 6) is -1.23. The summed E-state index contributed by atoms with van der Waals surface area (Å²) < 4.78 is 74.8. The van der Waals surface area contributed by atoms with E-state index < -0.39 is 33.0 Å². The Hall–Kier alpha value is -4.30. The molecule has 0 spiro atoms. The lowest BCUT2D eigenvalue weighted by Crippen LogP contribution is -2.32. The van der Waals surface area contributed by atoms with Gasteiger partial charge in [0.2, 0.25) is 21.9 Å². The number of hydrogen-bond donors (Lipinski definition) is 2. The standard InChI is InChI=1S/C26H27F2N5O6S/c1-5-39-22-11-6-8-19(29-22)25-30-31-26(33(25)23-20(37-3)9-7-10-21(23)38-4)32-40(35,36)15(2)24(34)17-13-12-16(27)14-18(17)28/h6-15,24,34H,5H2,1-4H3,(H,31,32). The molecule has 0 radical (unpaired) electrons. The predicted molar refractivity (Wildman–Crippen MR) is 142 cm³/mol. The van der Waals surface area contributed by atoms with Gasteiger partial charge in [-0.2, -0.15) is 0 Å². The van der Waals surface area contributed by atoms with Crippen LogP contribution in [0.15, 0.2) is 54.6 Å². The van der Waals surface area contributed by atoms with Crippen molar-refractivity contribution in [3.8, 4) is 34.6 Å². The molecule has 0 saturated carbocycles. The van der Waals surface area contributed by atoms with E-state index in [4.69, 9.17) is 14.2 Å². The summed E-state index contributed by atoms with van der Waals surface area (Å²) in [4.78, 5) is 4.44. The second-order valence-corrected chi connectivity index (χ2v) is 10.5. The van der Waals surface area contributed by atoms with Gasteiger partial charge in [0.05, 0.1) is 20.8 Å². The maximum Gasteiger partial charge on any atom is 0.243 e. The van der Waals surface area contributed by atoms with Gasteiger partial charge in [0, 0.05) is 17.7 Å². The monoisotopic (exact) mass is 575 g/mol. The number of aliphatic hydroxyl groups excluding tert-OH is 1. The minimum atomic E-state index is -4.45. The average Bonchev–Trinajstić information content (AvgIpc) is 3.34. The number of aliphatic hydroxyl groups is 1. The van der Waals surface area contributed by atoms with E-state index in [9.17, 15) is 22.3 Å². The minimum Gasteiger partial charge on any atom is -0.494 e. The summed E-state index contributed by atoms with van der Waals surface area (Å²) in [6.07, 6.45) is -1.83. The number of sulfonamides is 1. The lowest BCUT2D eigenvalue weighted by molar-refractivity contribution is 0.171. The summed E-state index contributed by atoms with van der Waals surface area (Å²) in [5.41, 5.74) is 0.162. The smallest absolute Gasteiger partial charge is 0.243 e. The molecule has 4 aromatic rings. The first kappa shape index (κ1) is 28.7. The molecule has 2 aromatic heterocycles. The highest BCUT2D eigenvalue weighted by atomic mass is 32.2. The highest BCUT2D eigenvalue weighted by molar-refractivity contribution is 7.93. The summed E-state index contributed by atoms with van der Waals surface area (Å²) in [6, 6.07) is 12.4. The third kappa shape index (κ3) is 5.67. The number of aromatic nitrogens is 4. The Kier molecular flexibility index (Phi) is 8.49. The second kappa shape index (κ2) is 11.8. The molecule has 40 heavy (non-hydrogen) atoms. The van der Waals surface area contributed by atoms with Gasteiger partial charge in [-0.1, -0.05) is 18.2 Å². The van der Waals surface area contributed by atoms with Crippen LogP contribution >= 0.6 is 0 Å². The fourth-order valence-electron chi connectivity index (χ4n) is 3.93. The van der Waals surface area contributed by atoms with E-state index >= 15 is 0 Å². The van der Waals surface area contributed by atoms with E-state index in [1.54, 1.807) is 43.3 Å². The number of nitrogens with one attached hydrogen (secondary N) is 1. The maximum atomic E-state index is 14.3. The topological polar surface area (TPSA) is 138 Å². The lowest BCUT2D eigenvalue weighted by Gasteiger charge is -2.22. The lowest BCUT2D eigenvalue weighted by atomic mass is 10.1. The molecule has 2 atom stereocenters. The van der Waals surface area contributed by atoms with Crippen LogP contribution in [0.3, 0.4) is 0 Å².